The van der Waals surface area contributed by atoms with Crippen molar-refractivity contribution in [2.24, 2.45) is 28.7 Å². The van der Waals surface area contributed by atoms with E-state index < -0.39 is 23.6 Å². The summed E-state index contributed by atoms with van der Waals surface area (Å²) >= 11 is 27.0. The first-order chi connectivity index (χ1) is 58.7. The predicted molar refractivity (Wildman–Crippen MR) is 502 cm³/mol. The molecule has 40 heteroatoms. The minimum Gasteiger partial charge on any atom is -1.00 e. The Morgan fingerprint density at radius 2 is 1.02 bits per heavy atom. The molecule has 17 heterocycles. The number of aromatic nitrogens is 4. The molecule has 634 valence electrons. The number of Topliss-reactive ketones (excluding diaryl/α,β-unsaturated/α-hetero) is 1. The van der Waals surface area contributed by atoms with Gasteiger partial charge in [-0.05, 0) is 157 Å². The number of halogens is 1. The number of pyridine rings is 4. The first-order valence-corrected chi connectivity index (χ1v) is 46.0. The molecule has 0 spiro atoms. The Morgan fingerprint density at radius 1 is 0.589 bits per heavy atom. The number of hydrogen-bond acceptors (Lipinski definition) is 31. The van der Waals surface area contributed by atoms with Crippen LogP contribution in [0.25, 0.3) is 78.5 Å². The summed E-state index contributed by atoms with van der Waals surface area (Å²) in [5.74, 6) is -1.65. The molecule has 1 fully saturated rings. The quantitative estimate of drug-likeness (QED) is 0.00801. The maximum absolute atomic E-state index is 11.9. The van der Waals surface area contributed by atoms with Gasteiger partial charge in [0, 0.05) is 127 Å². The number of nitriles is 2. The number of alkyl halides is 1. The van der Waals surface area contributed by atoms with Crippen LogP contribution in [0.3, 0.4) is 0 Å². The molecule has 13 aromatic rings. The molecule has 0 aliphatic carbocycles. The number of likely N-dealkylation sites (N-methyl/N-ethyl adjacent to an activating group) is 3. The van der Waals surface area contributed by atoms with Crippen LogP contribution in [0.2, 0.25) is 0 Å². The van der Waals surface area contributed by atoms with Crippen molar-refractivity contribution in [2.75, 3.05) is 83.5 Å². The number of anilines is 3. The van der Waals surface area contributed by atoms with Crippen LogP contribution in [0.4, 0.5) is 17.1 Å². The third kappa shape index (κ3) is 25.2. The van der Waals surface area contributed by atoms with Gasteiger partial charge in [0.25, 0.3) is 24.2 Å². The van der Waals surface area contributed by atoms with Gasteiger partial charge >= 0.3 is 103 Å². The van der Waals surface area contributed by atoms with Crippen LogP contribution >= 0.6 is 127 Å². The number of nitrogens with one attached hydrogen (secondary N) is 2. The van der Waals surface area contributed by atoms with E-state index in [-0.39, 0.29) is 122 Å². The van der Waals surface area contributed by atoms with E-state index in [2.05, 4.69) is 132 Å². The van der Waals surface area contributed by atoms with Crippen molar-refractivity contribution in [3.8, 4) is 53.9 Å². The number of fused-ring (bicyclic) bond motifs is 7. The maximum Gasteiger partial charge on any atom is 1.00 e. The third-order valence-electron chi connectivity index (χ3n) is 19.8. The first kappa shape index (κ1) is 101. The third-order valence-corrected chi connectivity index (χ3v) is 28.3. The number of benzene rings is 1. The molecule has 27 nitrogen and oxygen atoms in total. The number of carbonyl (C=O) groups excluding carboxylic acids is 6. The molecule has 0 saturated carbocycles. The summed E-state index contributed by atoms with van der Waals surface area (Å²) < 4.78 is 0.556. The number of carbonyl (C=O) groups is 6. The number of thiocarbonyl (C=S) groups is 1. The van der Waals surface area contributed by atoms with Gasteiger partial charge in [-0.3, -0.25) is 38.6 Å². The summed E-state index contributed by atoms with van der Waals surface area (Å²) in [6.45, 7) is 9.56. The molecule has 18 N–H and O–H groups in total. The van der Waals surface area contributed by atoms with Crippen molar-refractivity contribution in [2.45, 2.75) is 71.2 Å². The summed E-state index contributed by atoms with van der Waals surface area (Å²) in [4.78, 5) is 103. The van der Waals surface area contributed by atoms with E-state index in [1.54, 1.807) is 62.8 Å². The summed E-state index contributed by atoms with van der Waals surface area (Å²) in [6, 6.07) is 35.0. The van der Waals surface area contributed by atoms with Gasteiger partial charge in [-0.15, -0.1) is 102 Å². The summed E-state index contributed by atoms with van der Waals surface area (Å²) in [7, 11) is 6.18. The fourth-order valence-corrected chi connectivity index (χ4v) is 21.6. The average molecular weight is 1920 g/mol. The Bertz CT molecular complexity index is 6140. The Balaban J connectivity index is 0.000000187. The number of amides is 4. The normalized spacial score (nSPS) is 14.0. The number of likely N-dealkylation sites (tertiary alicyclic amines) is 1. The van der Waals surface area contributed by atoms with E-state index in [0.29, 0.717) is 59.8 Å². The van der Waals surface area contributed by atoms with E-state index >= 15 is 0 Å². The predicted octanol–water partition coefficient (Wildman–Crippen LogP) is 7.13. The molecular weight excluding hydrogens is 1840 g/mol. The second-order valence-corrected chi connectivity index (χ2v) is 37.0. The van der Waals surface area contributed by atoms with E-state index in [0.717, 1.165) is 199 Å². The second-order valence-electron chi connectivity index (χ2n) is 28.2. The van der Waals surface area contributed by atoms with Gasteiger partial charge in [0.15, 0.2) is 0 Å². The zero-order valence-electron chi connectivity index (χ0n) is 69.3. The van der Waals surface area contributed by atoms with Gasteiger partial charge in [-0.25, -0.2) is 15.0 Å². The molecule has 4 amide bonds. The number of nitrogen functional groups attached to an aromatic ring is 3. The fourth-order valence-electron chi connectivity index (χ4n) is 14.4. The maximum atomic E-state index is 11.9. The standard InChI is InChI=1S/C22H20N4OS2.C16H16N4OS2.C15H14N4OS2.C14H13N3S2.C8H6N2S2.C6H11NO.C2H4ClNO.CH2O3.2K.H/c23-19-18-17(16-7-4-10-28-16)14-8-9-26(11-13-5-2-1-3-6-13)12-15(14)25-22(18)29-20(19)21(24)27;1-20-5-4-8-9(7-20)19-16-12(11(8)10-3-2-6-22-10)13(17)14(23-16)15(18)21;16-12-11-10(9-2-1-5-21-9)7-3-4-18-6-8(7)19-15(11)22-13(12)14(17)20;1-17-5-4-9-11(8-17)16-14(18)10(7-15)13(9)12-3-2-6-19-12;9-5-6(8(10)11)4-7-2-1-3-12-7;1-7-4-2-3-6(8)5-7;3-1-2(4)5;2-1-4-3;;;/h1-7,10H,8-9,11-12,23H2,(H2,24,27);2-3,6H,4-5,7,17H2,1H3,(H2,18,21);1-2,5,18H,3-4,6,16H2,(H2,17,20);2-3,6H,4-5,8H2,1H3,(H,16,18);1-4H,(H2,10,11);2-5H2,1H3;1H2,(H2,4,5);1,3H;;;/q;;;;;;;;2*+1;-1/p-1/b;;;;6-4+;;;;;;. The number of nitrogens with zero attached hydrogens (tertiary/aromatic N) is 9. The van der Waals surface area contributed by atoms with Crippen LogP contribution in [-0.4, -0.2) is 147 Å². The minimum absolute atomic E-state index is 0. The van der Waals surface area contributed by atoms with E-state index in [4.69, 9.17) is 94.2 Å². The Hall–Kier alpha value is -7.23. The smallest absolute Gasteiger partial charge is 1.00 e. The van der Waals surface area contributed by atoms with Gasteiger partial charge in [0.2, 0.25) is 5.91 Å². The van der Waals surface area contributed by atoms with Crippen molar-refractivity contribution in [1.29, 1.82) is 10.5 Å². The van der Waals surface area contributed by atoms with Crippen LogP contribution in [0, 0.1) is 27.3 Å². The zero-order chi connectivity index (χ0) is 87.4. The van der Waals surface area contributed by atoms with Crippen LogP contribution in [0.15, 0.2) is 123 Å². The number of H-pyrrole nitrogens is 1. The molecule has 0 unspecified atom stereocenters. The number of primary amides is 4. The van der Waals surface area contributed by atoms with E-state index in [1.807, 2.05) is 71.7 Å². The van der Waals surface area contributed by atoms with E-state index in [1.165, 1.54) is 66.7 Å². The number of hydrogen-bond donors (Lipinski definition) is 10. The Kier molecular flexibility index (Phi) is 39.1. The van der Waals surface area contributed by atoms with Crippen LogP contribution < -0.4 is 159 Å². The first-order valence-electron chi connectivity index (χ1n) is 37.8. The summed E-state index contributed by atoms with van der Waals surface area (Å²) in [6.07, 6.45) is 7.24. The molecule has 12 aromatic heterocycles. The monoisotopic (exact) mass is 1920 g/mol. The minimum atomic E-state index is -0.494. The number of nitrogens with two attached hydrogens (primary N) is 8. The number of rotatable bonds is 13. The number of aromatic amines is 1. The van der Waals surface area contributed by atoms with Crippen molar-refractivity contribution >= 4 is 221 Å². The average Bonchev–Trinajstić information content (AvgIpc) is 1.60. The molecular formula is C84H86ClK2N19O8S10. The van der Waals surface area contributed by atoms with Gasteiger partial charge < -0.3 is 77.5 Å². The molecule has 124 heavy (non-hydrogen) atoms. The summed E-state index contributed by atoms with van der Waals surface area (Å²) in [5.41, 5.74) is 62.6. The molecule has 18 rings (SSSR count). The van der Waals surface area contributed by atoms with Crippen LogP contribution in [-0.2, 0) is 77.7 Å². The van der Waals surface area contributed by atoms with Crippen LogP contribution in [0.5, 0.6) is 0 Å². The van der Waals surface area contributed by atoms with Gasteiger partial charge in [-0.1, -0.05) is 85.1 Å². The largest absolute Gasteiger partial charge is 1.00 e. The Morgan fingerprint density at radius 3 is 1.44 bits per heavy atom. The van der Waals surface area contributed by atoms with Gasteiger partial charge in [0.05, 0.1) is 51.8 Å². The second kappa shape index (κ2) is 48.3. The Labute approximate surface area is 849 Å². The van der Waals surface area contributed by atoms with Crippen molar-refractivity contribution in [1.82, 2.24) is 44.9 Å². The molecule has 1 aromatic carbocycles. The van der Waals surface area contributed by atoms with Crippen molar-refractivity contribution in [3.63, 3.8) is 0 Å². The van der Waals surface area contributed by atoms with Crippen molar-refractivity contribution < 1.29 is 143 Å². The number of piperidine rings is 1. The molecule has 5 aliphatic rings. The molecule has 5 aliphatic heterocycles. The van der Waals surface area contributed by atoms with Crippen LogP contribution in [0.1, 0.15) is 104 Å². The zero-order valence-corrected chi connectivity index (χ0v) is 83.5. The summed E-state index contributed by atoms with van der Waals surface area (Å²) in [5, 5.41) is 42.6. The van der Waals surface area contributed by atoms with Crippen molar-refractivity contribution in [3.05, 3.63) is 204 Å². The molecule has 0 radical (unpaired) electrons. The molecule has 0 atom stereocenters. The van der Waals surface area contributed by atoms with Gasteiger partial charge in [0.1, 0.15) is 62.6 Å². The topological polar surface area (TPSA) is 470 Å². The van der Waals surface area contributed by atoms with Gasteiger partial charge in [-0.2, -0.15) is 10.5 Å². The number of thiophene rings is 8. The van der Waals surface area contributed by atoms with E-state index in [9.17, 15) is 29.2 Å². The molecule has 1 saturated heterocycles. The molecule has 0 bridgehead atoms. The SMILES string of the molecule is CN1CCCC(=O)C1.CN1CCc2c([nH]c(=S)c(C#N)c2-c2cccs2)C1.CN1CCc2c(nc3sc(C(N)=O)c(N)c3c2-c2cccs2)C1.N#C/C(=C\c1cccs1)C(N)=S.NC(=O)CCl.NC(=O)c1sc2nc3c(c(-c4cccs4)c2c1N)CCN(Cc1ccccc1)C3.NC(=O)c1sc2nc3c(c(-c4cccs4)c2c1N)CCNC3.O=CO[O-].[H-].[K+].[K+]. The number of ketones is 1. The fraction of sp³-hybridized carbons (Fsp3) is 0.250.